The molecule has 3 heterocycles. The molecule has 7 nitrogen and oxygen atoms in total. The smallest absolute Gasteiger partial charge is 0.255 e. The summed E-state index contributed by atoms with van der Waals surface area (Å²) >= 11 is 6.05. The third-order valence-corrected chi connectivity index (χ3v) is 5.49. The molecule has 2 fully saturated rings. The summed E-state index contributed by atoms with van der Waals surface area (Å²) in [4.78, 5) is 28.1. The van der Waals surface area contributed by atoms with Gasteiger partial charge in [-0.25, -0.2) is 9.37 Å². The summed E-state index contributed by atoms with van der Waals surface area (Å²) in [5.74, 6) is 0.948. The molecular weight excluding hydrogens is 397 g/mol. The number of halogens is 2. The van der Waals surface area contributed by atoms with Crippen LogP contribution < -0.4 is 9.80 Å². The van der Waals surface area contributed by atoms with E-state index >= 15 is 0 Å². The maximum Gasteiger partial charge on any atom is 0.255 e. The van der Waals surface area contributed by atoms with Crippen LogP contribution in [0.4, 0.5) is 16.2 Å². The molecule has 0 bridgehead atoms. The molecule has 29 heavy (non-hydrogen) atoms. The predicted octanol–water partition coefficient (Wildman–Crippen LogP) is 2.38. The number of benzene rings is 1. The number of anilines is 2. The SMILES string of the molecule is Cc1cc(N2CCOCC2)nc(N2CCN(C(=O)c3ccc(F)cc3Cl)CC2)n1. The fourth-order valence-corrected chi connectivity index (χ4v) is 3.82. The minimum absolute atomic E-state index is 0.134. The predicted molar refractivity (Wildman–Crippen MR) is 109 cm³/mol. The number of amides is 1. The molecule has 1 aromatic heterocycles. The second-order valence-corrected chi connectivity index (χ2v) is 7.58. The molecule has 154 valence electrons. The Balaban J connectivity index is 1.44. The van der Waals surface area contributed by atoms with Crippen molar-refractivity contribution in [1.82, 2.24) is 14.9 Å². The van der Waals surface area contributed by atoms with Gasteiger partial charge in [-0.15, -0.1) is 0 Å². The van der Waals surface area contributed by atoms with Crippen LogP contribution in [0.2, 0.25) is 5.02 Å². The summed E-state index contributed by atoms with van der Waals surface area (Å²) in [6.07, 6.45) is 0. The second-order valence-electron chi connectivity index (χ2n) is 7.17. The number of aryl methyl sites for hydroxylation is 1. The van der Waals surface area contributed by atoms with Gasteiger partial charge in [0.1, 0.15) is 11.6 Å². The van der Waals surface area contributed by atoms with E-state index < -0.39 is 5.82 Å². The number of morpholine rings is 1. The monoisotopic (exact) mass is 419 g/mol. The van der Waals surface area contributed by atoms with E-state index in [2.05, 4.69) is 14.8 Å². The van der Waals surface area contributed by atoms with Gasteiger partial charge in [-0.2, -0.15) is 4.98 Å². The first kappa shape index (κ1) is 19.8. The number of piperazine rings is 1. The largest absolute Gasteiger partial charge is 0.378 e. The van der Waals surface area contributed by atoms with Gasteiger partial charge < -0.3 is 19.4 Å². The Bertz CT molecular complexity index is 898. The van der Waals surface area contributed by atoms with Crippen molar-refractivity contribution in [2.75, 3.05) is 62.3 Å². The van der Waals surface area contributed by atoms with Crippen LogP contribution in [0, 0.1) is 12.7 Å². The van der Waals surface area contributed by atoms with E-state index in [1.54, 1.807) is 4.90 Å². The number of rotatable bonds is 3. The zero-order valence-corrected chi connectivity index (χ0v) is 17.0. The molecule has 0 aliphatic carbocycles. The molecule has 1 amide bonds. The number of aromatic nitrogens is 2. The van der Waals surface area contributed by atoms with Crippen LogP contribution in [0.1, 0.15) is 16.1 Å². The van der Waals surface area contributed by atoms with Gasteiger partial charge in [0.2, 0.25) is 5.95 Å². The Morgan fingerprint density at radius 3 is 2.45 bits per heavy atom. The topological polar surface area (TPSA) is 61.8 Å². The van der Waals surface area contributed by atoms with E-state index in [4.69, 9.17) is 21.3 Å². The average Bonchev–Trinajstić information content (AvgIpc) is 2.74. The molecule has 0 saturated carbocycles. The van der Waals surface area contributed by atoms with Gasteiger partial charge in [-0.3, -0.25) is 4.79 Å². The molecule has 2 aliphatic heterocycles. The molecule has 0 radical (unpaired) electrons. The van der Waals surface area contributed by atoms with Crippen molar-refractivity contribution in [3.05, 3.63) is 46.4 Å². The van der Waals surface area contributed by atoms with E-state index in [0.717, 1.165) is 24.6 Å². The molecular formula is C20H23ClFN5O2. The van der Waals surface area contributed by atoms with Gasteiger partial charge in [0.25, 0.3) is 5.91 Å². The van der Waals surface area contributed by atoms with Crippen molar-refractivity contribution >= 4 is 29.3 Å². The molecule has 0 atom stereocenters. The first-order valence-corrected chi connectivity index (χ1v) is 10.1. The summed E-state index contributed by atoms with van der Waals surface area (Å²) in [5, 5.41) is 0.134. The molecule has 2 aliphatic rings. The Morgan fingerprint density at radius 1 is 1.03 bits per heavy atom. The number of carbonyl (C=O) groups is 1. The second kappa shape index (κ2) is 8.51. The van der Waals surface area contributed by atoms with E-state index in [1.165, 1.54) is 18.2 Å². The molecule has 4 rings (SSSR count). The fraction of sp³-hybridized carbons (Fsp3) is 0.450. The Hall–Kier alpha value is -2.45. The number of ether oxygens (including phenoxy) is 1. The maximum atomic E-state index is 13.3. The number of hydrogen-bond acceptors (Lipinski definition) is 6. The number of nitrogens with zero attached hydrogens (tertiary/aromatic N) is 5. The number of hydrogen-bond donors (Lipinski definition) is 0. The van der Waals surface area contributed by atoms with Gasteiger partial charge >= 0.3 is 0 Å². The van der Waals surface area contributed by atoms with Crippen molar-refractivity contribution in [2.45, 2.75) is 6.92 Å². The van der Waals surface area contributed by atoms with Crippen LogP contribution in [0.3, 0.4) is 0 Å². The van der Waals surface area contributed by atoms with Gasteiger partial charge in [-0.1, -0.05) is 11.6 Å². The van der Waals surface area contributed by atoms with Crippen LogP contribution in [-0.2, 0) is 4.74 Å². The van der Waals surface area contributed by atoms with Crippen molar-refractivity contribution in [2.24, 2.45) is 0 Å². The lowest BCUT2D eigenvalue weighted by Crippen LogP contribution is -2.49. The van der Waals surface area contributed by atoms with Crippen molar-refractivity contribution in [3.8, 4) is 0 Å². The first-order chi connectivity index (χ1) is 14.0. The molecule has 0 N–H and O–H groups in total. The normalized spacial score (nSPS) is 17.6. The third-order valence-electron chi connectivity index (χ3n) is 5.18. The highest BCUT2D eigenvalue weighted by molar-refractivity contribution is 6.33. The highest BCUT2D eigenvalue weighted by atomic mass is 35.5. The minimum Gasteiger partial charge on any atom is -0.378 e. The Kier molecular flexibility index (Phi) is 5.82. The van der Waals surface area contributed by atoms with E-state index in [1.807, 2.05) is 13.0 Å². The quantitative estimate of drug-likeness (QED) is 0.761. The minimum atomic E-state index is -0.455. The van der Waals surface area contributed by atoms with Crippen molar-refractivity contribution in [1.29, 1.82) is 0 Å². The van der Waals surface area contributed by atoms with Crippen LogP contribution in [0.25, 0.3) is 0 Å². The Labute approximate surface area is 174 Å². The lowest BCUT2D eigenvalue weighted by atomic mass is 10.1. The molecule has 9 heteroatoms. The highest BCUT2D eigenvalue weighted by Crippen LogP contribution is 2.22. The summed E-state index contributed by atoms with van der Waals surface area (Å²) in [6.45, 7) is 7.29. The lowest BCUT2D eigenvalue weighted by Gasteiger charge is -2.35. The summed E-state index contributed by atoms with van der Waals surface area (Å²) in [5.41, 5.74) is 1.23. The van der Waals surface area contributed by atoms with Gasteiger partial charge in [-0.05, 0) is 25.1 Å². The molecule has 2 aromatic rings. The van der Waals surface area contributed by atoms with Crippen molar-refractivity contribution < 1.29 is 13.9 Å². The fourth-order valence-electron chi connectivity index (χ4n) is 3.58. The average molecular weight is 420 g/mol. The van der Waals surface area contributed by atoms with E-state index in [9.17, 15) is 9.18 Å². The number of carbonyl (C=O) groups excluding carboxylic acids is 1. The zero-order chi connectivity index (χ0) is 20.4. The highest BCUT2D eigenvalue weighted by Gasteiger charge is 2.26. The summed E-state index contributed by atoms with van der Waals surface area (Å²) in [6, 6.07) is 5.84. The molecule has 2 saturated heterocycles. The zero-order valence-electron chi connectivity index (χ0n) is 16.3. The Morgan fingerprint density at radius 2 is 1.76 bits per heavy atom. The van der Waals surface area contributed by atoms with Gasteiger partial charge in [0.05, 0.1) is 23.8 Å². The van der Waals surface area contributed by atoms with Crippen LogP contribution in [-0.4, -0.2) is 73.3 Å². The van der Waals surface area contributed by atoms with Gasteiger partial charge in [0, 0.05) is 51.0 Å². The molecule has 0 unspecified atom stereocenters. The van der Waals surface area contributed by atoms with Crippen molar-refractivity contribution in [3.63, 3.8) is 0 Å². The maximum absolute atomic E-state index is 13.3. The lowest BCUT2D eigenvalue weighted by molar-refractivity contribution is 0.0746. The van der Waals surface area contributed by atoms with Crippen LogP contribution in [0.15, 0.2) is 24.3 Å². The van der Waals surface area contributed by atoms with Gasteiger partial charge in [0.15, 0.2) is 0 Å². The summed E-state index contributed by atoms with van der Waals surface area (Å²) < 4.78 is 18.7. The van der Waals surface area contributed by atoms with Crippen LogP contribution in [0.5, 0.6) is 0 Å². The van der Waals surface area contributed by atoms with E-state index in [0.29, 0.717) is 50.9 Å². The van der Waals surface area contributed by atoms with Crippen LogP contribution >= 0.6 is 11.6 Å². The standard InChI is InChI=1S/C20H23ClFN5O2/c1-14-12-18(25-8-10-29-11-9-25)24-20(23-14)27-6-4-26(5-7-27)19(28)16-3-2-15(22)13-17(16)21/h2-3,12-13H,4-11H2,1H3. The third kappa shape index (κ3) is 4.43. The van der Waals surface area contributed by atoms with E-state index in [-0.39, 0.29) is 10.9 Å². The summed E-state index contributed by atoms with van der Waals surface area (Å²) in [7, 11) is 0. The first-order valence-electron chi connectivity index (χ1n) is 9.69. The molecule has 0 spiro atoms. The molecule has 1 aromatic carbocycles.